The first kappa shape index (κ1) is 31.1. The zero-order valence-corrected chi connectivity index (χ0v) is 28.6. The molecule has 4 aliphatic carbocycles. The molecule has 1 N–H and O–H groups in total. The molecule has 0 unspecified atom stereocenters. The molecule has 2 saturated carbocycles. The van der Waals surface area contributed by atoms with Crippen LogP contribution in [0.5, 0.6) is 5.75 Å². The number of rotatable bonds is 6. The van der Waals surface area contributed by atoms with Crippen LogP contribution >= 0.6 is 0 Å². The van der Waals surface area contributed by atoms with Crippen LogP contribution in [0.1, 0.15) is 72.1 Å². The Morgan fingerprint density at radius 3 is 2.26 bits per heavy atom. The highest BCUT2D eigenvalue weighted by molar-refractivity contribution is 6.01. The van der Waals surface area contributed by atoms with E-state index in [0.29, 0.717) is 41.7 Å². The number of ketones is 2. The van der Waals surface area contributed by atoms with Gasteiger partial charge in [-0.3, -0.25) is 14.5 Å². The summed E-state index contributed by atoms with van der Waals surface area (Å²) in [4.78, 5) is 45.2. The summed E-state index contributed by atoms with van der Waals surface area (Å²) in [5.41, 5.74) is 2.59. The standard InChI is InChI=1S/C38H52N6O3/c1-25-22-30-28-9-8-26-23-27(45)10-12-37(26,2)29(28)11-13-38(30,3)32(25)31(46)24-41-18-20-43(21-19-41)35-33(47)34(42-14-4-5-15-42)39-36(40-35)44-16-6-7-17-44/h10-12,23,25,28,30,32,47H,4-9,13-22,24H2,1-3H3/t25-,28-,30+,32-,37+,38+/m1/s1. The SMILES string of the molecule is C[C@@H]1C[C@H]2[C@@H]3CCC4=CC(=O)C=C[C@]4(C)C3=CC[C@]2(C)[C@H]1C(=O)CN1CCN(c2nc(N3CCCC3)nc(N3CCCC3)c2O)CC1. The van der Waals surface area contributed by atoms with Crippen LogP contribution < -0.4 is 14.7 Å². The normalized spacial score (nSPS) is 35.5. The summed E-state index contributed by atoms with van der Waals surface area (Å²) in [6, 6.07) is 0. The lowest BCUT2D eigenvalue weighted by Gasteiger charge is -2.52. The Balaban J connectivity index is 0.960. The number of Topliss-reactive ketones (excluding diaryl/α,β-unsaturated/α-hetero) is 1. The molecule has 47 heavy (non-hydrogen) atoms. The van der Waals surface area contributed by atoms with Gasteiger partial charge in [-0.15, -0.1) is 0 Å². The molecular weight excluding hydrogens is 588 g/mol. The zero-order chi connectivity index (χ0) is 32.5. The number of anilines is 3. The van der Waals surface area contributed by atoms with Crippen LogP contribution in [0.2, 0.25) is 0 Å². The van der Waals surface area contributed by atoms with E-state index in [0.717, 1.165) is 110 Å². The summed E-state index contributed by atoms with van der Waals surface area (Å²) in [5, 5.41) is 11.4. The van der Waals surface area contributed by atoms with E-state index < -0.39 is 0 Å². The van der Waals surface area contributed by atoms with E-state index in [1.54, 1.807) is 6.08 Å². The molecule has 0 bridgehead atoms. The van der Waals surface area contributed by atoms with Crippen LogP contribution in [0.4, 0.5) is 17.6 Å². The summed E-state index contributed by atoms with van der Waals surface area (Å²) < 4.78 is 0. The monoisotopic (exact) mass is 640 g/mol. The summed E-state index contributed by atoms with van der Waals surface area (Å²) >= 11 is 0. The molecule has 8 rings (SSSR count). The number of allylic oxidation sites excluding steroid dienone is 6. The first-order chi connectivity index (χ1) is 22.7. The van der Waals surface area contributed by atoms with Crippen molar-refractivity contribution in [2.24, 2.45) is 34.5 Å². The molecule has 4 heterocycles. The van der Waals surface area contributed by atoms with Crippen molar-refractivity contribution in [3.8, 4) is 5.75 Å². The maximum Gasteiger partial charge on any atom is 0.229 e. The molecule has 252 valence electrons. The summed E-state index contributed by atoms with van der Waals surface area (Å²) in [6.07, 6.45) is 16.9. The molecule has 1 aromatic heterocycles. The molecule has 0 radical (unpaired) electrons. The van der Waals surface area contributed by atoms with Gasteiger partial charge in [-0.05, 0) is 93.6 Å². The number of hydrogen-bond acceptors (Lipinski definition) is 9. The van der Waals surface area contributed by atoms with Crippen molar-refractivity contribution in [1.29, 1.82) is 0 Å². The van der Waals surface area contributed by atoms with Crippen LogP contribution in [0.3, 0.4) is 0 Å². The topological polar surface area (TPSA) is 93.1 Å². The number of carbonyl (C=O) groups is 2. The highest BCUT2D eigenvalue weighted by Crippen LogP contribution is 2.65. The van der Waals surface area contributed by atoms with Gasteiger partial charge in [0.2, 0.25) is 11.7 Å². The van der Waals surface area contributed by atoms with Gasteiger partial charge in [-0.2, -0.15) is 9.97 Å². The van der Waals surface area contributed by atoms with E-state index >= 15 is 0 Å². The van der Waals surface area contributed by atoms with Crippen molar-refractivity contribution < 1.29 is 14.7 Å². The minimum atomic E-state index is -0.147. The van der Waals surface area contributed by atoms with Crippen molar-refractivity contribution in [1.82, 2.24) is 14.9 Å². The molecule has 7 aliphatic rings. The quantitative estimate of drug-likeness (QED) is 0.423. The molecule has 0 amide bonds. The van der Waals surface area contributed by atoms with Gasteiger partial charge >= 0.3 is 0 Å². The van der Waals surface area contributed by atoms with Gasteiger partial charge < -0.3 is 19.8 Å². The lowest BCUT2D eigenvalue weighted by Crippen LogP contribution is -2.51. The minimum absolute atomic E-state index is 0.0248. The van der Waals surface area contributed by atoms with E-state index in [1.807, 2.05) is 6.08 Å². The van der Waals surface area contributed by atoms with E-state index in [2.05, 4.69) is 52.5 Å². The van der Waals surface area contributed by atoms with Crippen molar-refractivity contribution in [3.63, 3.8) is 0 Å². The average molecular weight is 641 g/mol. The first-order valence-electron chi connectivity index (χ1n) is 18.4. The van der Waals surface area contributed by atoms with Gasteiger partial charge in [-0.1, -0.05) is 37.1 Å². The predicted molar refractivity (Wildman–Crippen MR) is 185 cm³/mol. The van der Waals surface area contributed by atoms with Crippen molar-refractivity contribution >= 4 is 29.2 Å². The number of carbonyl (C=O) groups excluding carboxylic acids is 2. The van der Waals surface area contributed by atoms with Gasteiger partial charge in [0, 0.05) is 63.7 Å². The smallest absolute Gasteiger partial charge is 0.229 e. The summed E-state index contributed by atoms with van der Waals surface area (Å²) in [6.45, 7) is 14.3. The van der Waals surface area contributed by atoms with Crippen molar-refractivity contribution in [2.75, 3.05) is 73.6 Å². The first-order valence-corrected chi connectivity index (χ1v) is 18.4. The molecular formula is C38H52N6O3. The Kier molecular flexibility index (Phi) is 7.77. The molecule has 5 fully saturated rings. The minimum Gasteiger partial charge on any atom is -0.502 e. The second-order valence-electron chi connectivity index (χ2n) is 16.1. The third-order valence-corrected chi connectivity index (χ3v) is 13.3. The molecule has 1 aromatic rings. The Morgan fingerprint density at radius 2 is 1.57 bits per heavy atom. The van der Waals surface area contributed by atoms with Gasteiger partial charge in [0.05, 0.1) is 6.54 Å². The molecule has 0 aromatic carbocycles. The fourth-order valence-electron chi connectivity index (χ4n) is 10.9. The van der Waals surface area contributed by atoms with Gasteiger partial charge in [0.25, 0.3) is 0 Å². The summed E-state index contributed by atoms with van der Waals surface area (Å²) in [7, 11) is 0. The fourth-order valence-corrected chi connectivity index (χ4v) is 10.9. The number of piperazine rings is 1. The highest BCUT2D eigenvalue weighted by Gasteiger charge is 2.59. The lowest BCUT2D eigenvalue weighted by molar-refractivity contribution is -0.129. The van der Waals surface area contributed by atoms with Crippen LogP contribution in [-0.2, 0) is 9.59 Å². The molecule has 3 saturated heterocycles. The van der Waals surface area contributed by atoms with Crippen LogP contribution in [-0.4, -0.2) is 90.4 Å². The maximum absolute atomic E-state index is 14.3. The number of aromatic hydroxyl groups is 1. The van der Waals surface area contributed by atoms with Gasteiger partial charge in [-0.25, -0.2) is 0 Å². The van der Waals surface area contributed by atoms with Gasteiger partial charge in [0.1, 0.15) is 0 Å². The number of fused-ring (bicyclic) bond motifs is 5. The van der Waals surface area contributed by atoms with E-state index in [1.165, 1.54) is 11.1 Å². The Hall–Kier alpha value is -3.20. The van der Waals surface area contributed by atoms with Crippen LogP contribution in [0, 0.1) is 34.5 Å². The molecule has 3 aliphatic heterocycles. The Labute approximate surface area is 279 Å². The molecule has 0 spiro atoms. The number of hydrogen-bond donors (Lipinski definition) is 1. The van der Waals surface area contributed by atoms with Crippen molar-refractivity contribution in [2.45, 2.75) is 72.1 Å². The molecule has 9 nitrogen and oxygen atoms in total. The summed E-state index contributed by atoms with van der Waals surface area (Å²) in [5.74, 6) is 4.21. The number of aromatic nitrogens is 2. The average Bonchev–Trinajstić information content (AvgIpc) is 3.83. The third-order valence-electron chi connectivity index (χ3n) is 13.3. The Bertz CT molecular complexity index is 1530. The highest BCUT2D eigenvalue weighted by atomic mass is 16.3. The largest absolute Gasteiger partial charge is 0.502 e. The second kappa shape index (κ2) is 11.7. The van der Waals surface area contributed by atoms with E-state index in [-0.39, 0.29) is 28.3 Å². The Morgan fingerprint density at radius 1 is 0.936 bits per heavy atom. The van der Waals surface area contributed by atoms with Gasteiger partial charge in [0.15, 0.2) is 23.2 Å². The van der Waals surface area contributed by atoms with E-state index in [9.17, 15) is 14.7 Å². The van der Waals surface area contributed by atoms with Crippen LogP contribution in [0.15, 0.2) is 35.5 Å². The predicted octanol–water partition coefficient (Wildman–Crippen LogP) is 5.16. The van der Waals surface area contributed by atoms with Crippen molar-refractivity contribution in [3.05, 3.63) is 35.5 Å². The maximum atomic E-state index is 14.3. The van der Waals surface area contributed by atoms with Crippen LogP contribution in [0.25, 0.3) is 0 Å². The third kappa shape index (κ3) is 5.13. The second-order valence-corrected chi connectivity index (χ2v) is 16.1. The lowest BCUT2D eigenvalue weighted by atomic mass is 9.52. The molecule has 6 atom stereocenters. The molecule has 9 heteroatoms. The van der Waals surface area contributed by atoms with E-state index in [4.69, 9.17) is 9.97 Å². The fraction of sp³-hybridized carbons (Fsp3) is 0.684. The zero-order valence-electron chi connectivity index (χ0n) is 28.6. The number of nitrogens with zero attached hydrogens (tertiary/aromatic N) is 6.